The van der Waals surface area contributed by atoms with Gasteiger partial charge in [-0.15, -0.1) is 0 Å². The van der Waals surface area contributed by atoms with Crippen molar-refractivity contribution in [2.45, 2.75) is 51.7 Å². The fraction of sp³-hybridized carbons (Fsp3) is 0.579. The summed E-state index contributed by atoms with van der Waals surface area (Å²) in [6.07, 6.45) is 2.03. The maximum absolute atomic E-state index is 12.9. The Kier molecular flexibility index (Phi) is 4.63. The first-order valence-corrected chi connectivity index (χ1v) is 8.84. The molecule has 130 valence electrons. The molecule has 3 amide bonds. The van der Waals surface area contributed by atoms with Crippen LogP contribution >= 0.6 is 0 Å². The molecule has 1 N–H and O–H groups in total. The van der Waals surface area contributed by atoms with Gasteiger partial charge in [0.1, 0.15) is 5.54 Å². The Balaban J connectivity index is 1.72. The quantitative estimate of drug-likeness (QED) is 0.864. The van der Waals surface area contributed by atoms with E-state index in [2.05, 4.69) is 34.5 Å². The predicted octanol–water partition coefficient (Wildman–Crippen LogP) is 2.62. The van der Waals surface area contributed by atoms with E-state index in [1.54, 1.807) is 0 Å². The van der Waals surface area contributed by atoms with Gasteiger partial charge in [0.2, 0.25) is 0 Å². The van der Waals surface area contributed by atoms with Crippen molar-refractivity contribution in [2.24, 2.45) is 5.92 Å². The normalized spacial score (nSPS) is 28.5. The monoisotopic (exact) mass is 329 g/mol. The van der Waals surface area contributed by atoms with Gasteiger partial charge >= 0.3 is 6.03 Å². The van der Waals surface area contributed by atoms with Crippen molar-refractivity contribution in [3.8, 4) is 0 Å². The maximum atomic E-state index is 12.9. The third-order valence-corrected chi connectivity index (χ3v) is 5.34. The molecule has 24 heavy (non-hydrogen) atoms. The van der Waals surface area contributed by atoms with Crippen LogP contribution in [0.1, 0.15) is 39.2 Å². The Morgan fingerprint density at radius 3 is 2.58 bits per heavy atom. The van der Waals surface area contributed by atoms with Gasteiger partial charge in [0.15, 0.2) is 0 Å². The van der Waals surface area contributed by atoms with Crippen molar-refractivity contribution < 1.29 is 9.59 Å². The van der Waals surface area contributed by atoms with E-state index in [0.717, 1.165) is 32.5 Å². The number of benzene rings is 1. The third kappa shape index (κ3) is 3.05. The third-order valence-electron chi connectivity index (χ3n) is 5.34. The number of nitrogens with zero attached hydrogens (tertiary/aromatic N) is 2. The molecule has 0 radical (unpaired) electrons. The van der Waals surface area contributed by atoms with Crippen LogP contribution in [-0.2, 0) is 11.3 Å². The number of carbonyl (C=O) groups is 2. The molecule has 3 rings (SSSR count). The number of hydrogen-bond donors (Lipinski definition) is 1. The Bertz CT molecular complexity index is 616. The lowest BCUT2D eigenvalue weighted by Gasteiger charge is -2.40. The van der Waals surface area contributed by atoms with Crippen molar-refractivity contribution >= 4 is 11.9 Å². The minimum Gasteiger partial charge on any atom is -0.323 e. The highest BCUT2D eigenvalue weighted by Gasteiger charge is 2.53. The second-order valence-corrected chi connectivity index (χ2v) is 7.46. The van der Waals surface area contributed by atoms with Gasteiger partial charge in [-0.1, -0.05) is 30.3 Å². The predicted molar refractivity (Wildman–Crippen MR) is 93.4 cm³/mol. The van der Waals surface area contributed by atoms with E-state index >= 15 is 0 Å². The largest absolute Gasteiger partial charge is 0.325 e. The second-order valence-electron chi connectivity index (χ2n) is 7.46. The molecule has 0 spiro atoms. The molecule has 5 heteroatoms. The van der Waals surface area contributed by atoms with Crippen LogP contribution in [0.4, 0.5) is 4.79 Å². The lowest BCUT2D eigenvalue weighted by Crippen LogP contribution is -2.55. The molecule has 2 aliphatic rings. The summed E-state index contributed by atoms with van der Waals surface area (Å²) in [5, 5.41) is 2.98. The van der Waals surface area contributed by atoms with Gasteiger partial charge in [0.25, 0.3) is 5.91 Å². The van der Waals surface area contributed by atoms with Crippen molar-refractivity contribution in [3.63, 3.8) is 0 Å². The molecule has 2 heterocycles. The van der Waals surface area contributed by atoms with Crippen LogP contribution in [0.25, 0.3) is 0 Å². The first kappa shape index (κ1) is 17.0. The topological polar surface area (TPSA) is 52.7 Å². The van der Waals surface area contributed by atoms with Crippen LogP contribution in [0.3, 0.4) is 0 Å². The summed E-state index contributed by atoms with van der Waals surface area (Å²) in [4.78, 5) is 28.9. The summed E-state index contributed by atoms with van der Waals surface area (Å²) in [5.41, 5.74) is 0.505. The number of hydrogen-bond acceptors (Lipinski definition) is 3. The lowest BCUT2D eigenvalue weighted by atomic mass is 9.79. The number of urea groups is 1. The molecule has 1 aromatic rings. The van der Waals surface area contributed by atoms with Crippen LogP contribution < -0.4 is 5.32 Å². The van der Waals surface area contributed by atoms with Gasteiger partial charge in [-0.25, -0.2) is 4.79 Å². The zero-order chi connectivity index (χ0) is 17.3. The molecule has 2 atom stereocenters. The van der Waals surface area contributed by atoms with Crippen molar-refractivity contribution in [2.75, 3.05) is 13.1 Å². The molecule has 1 aromatic carbocycles. The zero-order valence-corrected chi connectivity index (χ0v) is 14.8. The Hall–Kier alpha value is -1.88. The Morgan fingerprint density at radius 1 is 1.25 bits per heavy atom. The zero-order valence-electron chi connectivity index (χ0n) is 14.8. The smallest absolute Gasteiger partial charge is 0.323 e. The molecule has 5 nitrogen and oxygen atoms in total. The van der Waals surface area contributed by atoms with E-state index < -0.39 is 5.54 Å². The summed E-state index contributed by atoms with van der Waals surface area (Å²) < 4.78 is 0. The van der Waals surface area contributed by atoms with Crippen LogP contribution in [0.5, 0.6) is 0 Å². The maximum Gasteiger partial charge on any atom is 0.325 e. The summed E-state index contributed by atoms with van der Waals surface area (Å²) in [6.45, 7) is 8.42. The minimum atomic E-state index is -0.781. The van der Waals surface area contributed by atoms with Crippen molar-refractivity contribution in [1.29, 1.82) is 0 Å². The molecule has 0 aliphatic carbocycles. The molecule has 0 saturated carbocycles. The van der Waals surface area contributed by atoms with Gasteiger partial charge in [0, 0.05) is 25.0 Å². The summed E-state index contributed by atoms with van der Waals surface area (Å²) in [7, 11) is 0. The Morgan fingerprint density at radius 2 is 1.96 bits per heavy atom. The fourth-order valence-corrected chi connectivity index (χ4v) is 3.94. The number of imide groups is 1. The second kappa shape index (κ2) is 6.55. The van der Waals surface area contributed by atoms with Gasteiger partial charge in [0.05, 0.1) is 0 Å². The number of likely N-dealkylation sites (tertiary alicyclic amines) is 1. The first-order chi connectivity index (χ1) is 11.4. The van der Waals surface area contributed by atoms with Gasteiger partial charge < -0.3 is 5.32 Å². The number of nitrogens with one attached hydrogen (secondary N) is 1. The average Bonchev–Trinajstić information content (AvgIpc) is 2.79. The van der Waals surface area contributed by atoms with Crippen LogP contribution in [0, 0.1) is 5.92 Å². The van der Waals surface area contributed by atoms with E-state index in [1.807, 2.05) is 26.8 Å². The summed E-state index contributed by atoms with van der Waals surface area (Å²) in [5.74, 6) is 0.0734. The molecular weight excluding hydrogens is 302 g/mol. The van der Waals surface area contributed by atoms with Crippen LogP contribution in [0.2, 0.25) is 0 Å². The van der Waals surface area contributed by atoms with E-state index in [9.17, 15) is 9.59 Å². The van der Waals surface area contributed by atoms with Gasteiger partial charge in [-0.2, -0.15) is 0 Å². The van der Waals surface area contributed by atoms with Gasteiger partial charge in [-0.05, 0) is 45.7 Å². The Labute approximate surface area is 144 Å². The molecule has 2 saturated heterocycles. The van der Waals surface area contributed by atoms with Crippen LogP contribution in [-0.4, -0.2) is 46.4 Å². The summed E-state index contributed by atoms with van der Waals surface area (Å²) >= 11 is 0. The number of piperidine rings is 1. The molecule has 0 unspecified atom stereocenters. The molecule has 2 fully saturated rings. The molecule has 2 aliphatic heterocycles. The molecule has 0 aromatic heterocycles. The van der Waals surface area contributed by atoms with E-state index in [4.69, 9.17) is 0 Å². The van der Waals surface area contributed by atoms with Crippen molar-refractivity contribution in [1.82, 2.24) is 15.1 Å². The van der Waals surface area contributed by atoms with Crippen molar-refractivity contribution in [3.05, 3.63) is 35.9 Å². The number of rotatable bonds is 4. The lowest BCUT2D eigenvalue weighted by molar-refractivity contribution is -0.134. The molecule has 0 bridgehead atoms. The minimum absolute atomic E-state index is 0.0749. The van der Waals surface area contributed by atoms with Crippen LogP contribution in [0.15, 0.2) is 30.3 Å². The van der Waals surface area contributed by atoms with E-state index in [-0.39, 0.29) is 23.9 Å². The highest BCUT2D eigenvalue weighted by molar-refractivity contribution is 6.07. The first-order valence-electron chi connectivity index (χ1n) is 8.84. The van der Waals surface area contributed by atoms with E-state index in [1.165, 1.54) is 10.5 Å². The van der Waals surface area contributed by atoms with Gasteiger partial charge in [-0.3, -0.25) is 14.6 Å². The highest BCUT2D eigenvalue weighted by atomic mass is 16.2. The SMILES string of the molecule is CC(C)N1C(=O)N[C@](C)([C@@H]2CCCN(Cc3ccccc3)C2)C1=O. The number of carbonyl (C=O) groups excluding carboxylic acids is 2. The highest BCUT2D eigenvalue weighted by Crippen LogP contribution is 2.33. The average molecular weight is 329 g/mol. The summed E-state index contributed by atoms with van der Waals surface area (Å²) in [6, 6.07) is 10.0. The number of amides is 3. The van der Waals surface area contributed by atoms with E-state index in [0.29, 0.717) is 0 Å². The standard InChI is InChI=1S/C19H27N3O2/c1-14(2)22-17(23)19(3,20-18(22)24)16-10-7-11-21(13-16)12-15-8-5-4-6-9-15/h4-6,8-9,14,16H,7,10-13H2,1-3H3,(H,20,24)/t16-,19-/m1/s1. The fourth-order valence-electron chi connectivity index (χ4n) is 3.94. The molecular formula is C19H27N3O2.